The molecule has 1 heterocycles. The molecule has 1 fully saturated rings. The molecule has 8 nitrogen and oxygen atoms in total. The SMILES string of the molecule is Cc1cc(C)c(S(=O)(=O)N2CCC(C(=O)Nc3cc([N+](=O)[O-])ccc3F)CC2)c(C)c1. The van der Waals surface area contributed by atoms with Crippen molar-refractivity contribution in [3.05, 3.63) is 63.0 Å². The maximum atomic E-state index is 13.9. The second-order valence-corrected chi connectivity index (χ2v) is 9.69. The van der Waals surface area contributed by atoms with Crippen molar-refractivity contribution in [1.29, 1.82) is 0 Å². The number of carbonyl (C=O) groups excluding carboxylic acids is 1. The van der Waals surface area contributed by atoms with Crippen LogP contribution >= 0.6 is 0 Å². The Hall–Kier alpha value is -2.85. The van der Waals surface area contributed by atoms with Crippen molar-refractivity contribution < 1.29 is 22.5 Å². The Morgan fingerprint density at radius 3 is 2.26 bits per heavy atom. The normalized spacial score (nSPS) is 15.6. The third-order valence-corrected chi connectivity index (χ3v) is 7.65. The zero-order valence-electron chi connectivity index (χ0n) is 17.5. The smallest absolute Gasteiger partial charge is 0.271 e. The highest BCUT2D eigenvalue weighted by molar-refractivity contribution is 7.89. The molecular weight excluding hydrogens is 425 g/mol. The first kappa shape index (κ1) is 22.8. The lowest BCUT2D eigenvalue weighted by molar-refractivity contribution is -0.384. The number of hydrogen-bond acceptors (Lipinski definition) is 5. The van der Waals surface area contributed by atoms with E-state index in [1.165, 1.54) is 4.31 Å². The Kier molecular flexibility index (Phi) is 6.42. The average molecular weight is 450 g/mol. The molecule has 1 aliphatic rings. The highest BCUT2D eigenvalue weighted by Crippen LogP contribution is 2.30. The molecular formula is C21H24FN3O5S. The van der Waals surface area contributed by atoms with Crippen LogP contribution in [-0.2, 0) is 14.8 Å². The lowest BCUT2D eigenvalue weighted by Gasteiger charge is -2.31. The molecule has 31 heavy (non-hydrogen) atoms. The summed E-state index contributed by atoms with van der Waals surface area (Å²) < 4.78 is 41.6. The van der Waals surface area contributed by atoms with Gasteiger partial charge in [0.1, 0.15) is 5.82 Å². The Labute approximate surface area is 180 Å². The van der Waals surface area contributed by atoms with E-state index in [2.05, 4.69) is 5.32 Å². The van der Waals surface area contributed by atoms with Gasteiger partial charge in [-0.15, -0.1) is 0 Å². The fraction of sp³-hybridized carbons (Fsp3) is 0.381. The van der Waals surface area contributed by atoms with Crippen LogP contribution < -0.4 is 5.32 Å². The van der Waals surface area contributed by atoms with Crippen molar-refractivity contribution in [2.75, 3.05) is 18.4 Å². The molecule has 0 unspecified atom stereocenters. The zero-order valence-corrected chi connectivity index (χ0v) is 18.3. The van der Waals surface area contributed by atoms with Crippen LogP contribution in [0.25, 0.3) is 0 Å². The van der Waals surface area contributed by atoms with Gasteiger partial charge in [-0.25, -0.2) is 12.8 Å². The van der Waals surface area contributed by atoms with Gasteiger partial charge in [0, 0.05) is 31.1 Å². The van der Waals surface area contributed by atoms with E-state index in [1.807, 2.05) is 19.1 Å². The quantitative estimate of drug-likeness (QED) is 0.553. The molecule has 1 aliphatic heterocycles. The fourth-order valence-corrected chi connectivity index (χ4v) is 5.90. The fourth-order valence-electron chi connectivity index (χ4n) is 4.02. The minimum absolute atomic E-state index is 0.157. The average Bonchev–Trinajstić information content (AvgIpc) is 2.68. The van der Waals surface area contributed by atoms with Crippen LogP contribution in [0, 0.1) is 42.6 Å². The van der Waals surface area contributed by atoms with Crippen molar-refractivity contribution >= 4 is 27.3 Å². The molecule has 1 saturated heterocycles. The summed E-state index contributed by atoms with van der Waals surface area (Å²) in [6.07, 6.45) is 0.539. The van der Waals surface area contributed by atoms with Gasteiger partial charge in [-0.1, -0.05) is 17.7 Å². The summed E-state index contributed by atoms with van der Waals surface area (Å²) in [6.45, 7) is 5.75. The molecule has 1 N–H and O–H groups in total. The third kappa shape index (κ3) is 4.75. The molecule has 0 spiro atoms. The van der Waals surface area contributed by atoms with Gasteiger partial charge in [0.25, 0.3) is 5.69 Å². The number of benzene rings is 2. The van der Waals surface area contributed by atoms with Crippen LogP contribution in [0.2, 0.25) is 0 Å². The van der Waals surface area contributed by atoms with E-state index >= 15 is 0 Å². The molecule has 0 aromatic heterocycles. The minimum Gasteiger partial charge on any atom is -0.323 e. The van der Waals surface area contributed by atoms with Gasteiger partial charge in [-0.05, 0) is 50.8 Å². The number of piperidine rings is 1. The van der Waals surface area contributed by atoms with E-state index in [0.29, 0.717) is 16.0 Å². The Morgan fingerprint density at radius 2 is 1.71 bits per heavy atom. The number of carbonyl (C=O) groups is 1. The van der Waals surface area contributed by atoms with Gasteiger partial charge in [-0.3, -0.25) is 14.9 Å². The van der Waals surface area contributed by atoms with Gasteiger partial charge < -0.3 is 5.32 Å². The van der Waals surface area contributed by atoms with E-state index < -0.39 is 32.6 Å². The number of nitrogens with zero attached hydrogens (tertiary/aromatic N) is 2. The number of nitro benzene ring substituents is 1. The summed E-state index contributed by atoms with van der Waals surface area (Å²) in [4.78, 5) is 23.0. The van der Waals surface area contributed by atoms with Crippen LogP contribution in [-0.4, -0.2) is 36.6 Å². The molecule has 0 atom stereocenters. The molecule has 10 heteroatoms. The summed E-state index contributed by atoms with van der Waals surface area (Å²) in [6, 6.07) is 6.57. The van der Waals surface area contributed by atoms with Gasteiger partial charge >= 0.3 is 0 Å². The molecule has 2 aromatic rings. The van der Waals surface area contributed by atoms with E-state index in [4.69, 9.17) is 0 Å². The maximum Gasteiger partial charge on any atom is 0.271 e. The molecule has 0 aliphatic carbocycles. The second kappa shape index (κ2) is 8.72. The maximum absolute atomic E-state index is 13.9. The number of hydrogen-bond donors (Lipinski definition) is 1. The number of nitro groups is 1. The number of aryl methyl sites for hydroxylation is 3. The van der Waals surface area contributed by atoms with Crippen LogP contribution in [0.4, 0.5) is 15.8 Å². The predicted octanol–water partition coefficient (Wildman–Crippen LogP) is 3.70. The molecule has 0 radical (unpaired) electrons. The number of rotatable bonds is 5. The third-order valence-electron chi connectivity index (χ3n) is 5.45. The summed E-state index contributed by atoms with van der Waals surface area (Å²) in [5, 5.41) is 13.3. The van der Waals surface area contributed by atoms with E-state index in [-0.39, 0.29) is 37.3 Å². The summed E-state index contributed by atoms with van der Waals surface area (Å²) in [5.41, 5.74) is 1.75. The van der Waals surface area contributed by atoms with Crippen molar-refractivity contribution in [1.82, 2.24) is 4.31 Å². The molecule has 1 amide bonds. The molecule has 2 aromatic carbocycles. The highest BCUT2D eigenvalue weighted by Gasteiger charge is 2.34. The zero-order chi connectivity index (χ0) is 22.9. The number of amides is 1. The number of anilines is 1. The van der Waals surface area contributed by atoms with Crippen molar-refractivity contribution in [2.45, 2.75) is 38.5 Å². The lowest BCUT2D eigenvalue weighted by atomic mass is 9.97. The van der Waals surface area contributed by atoms with Gasteiger partial charge in [0.15, 0.2) is 0 Å². The number of sulfonamides is 1. The Morgan fingerprint density at radius 1 is 1.13 bits per heavy atom. The molecule has 0 bridgehead atoms. The molecule has 3 rings (SSSR count). The minimum atomic E-state index is -3.70. The second-order valence-electron chi connectivity index (χ2n) is 7.82. The first-order chi connectivity index (χ1) is 14.5. The molecule has 0 saturated carbocycles. The first-order valence-electron chi connectivity index (χ1n) is 9.83. The van der Waals surface area contributed by atoms with Crippen LogP contribution in [0.1, 0.15) is 29.5 Å². The Bertz CT molecular complexity index is 1120. The summed E-state index contributed by atoms with van der Waals surface area (Å²) in [7, 11) is -3.70. The van der Waals surface area contributed by atoms with Crippen LogP contribution in [0.3, 0.4) is 0 Å². The van der Waals surface area contributed by atoms with Gasteiger partial charge in [-0.2, -0.15) is 4.31 Å². The van der Waals surface area contributed by atoms with Gasteiger partial charge in [0.2, 0.25) is 15.9 Å². The Balaban J connectivity index is 1.70. The van der Waals surface area contributed by atoms with Crippen molar-refractivity contribution in [2.24, 2.45) is 5.92 Å². The van der Waals surface area contributed by atoms with Crippen molar-refractivity contribution in [3.63, 3.8) is 0 Å². The summed E-state index contributed by atoms with van der Waals surface area (Å²) >= 11 is 0. The highest BCUT2D eigenvalue weighted by atomic mass is 32.2. The largest absolute Gasteiger partial charge is 0.323 e. The van der Waals surface area contributed by atoms with Crippen molar-refractivity contribution in [3.8, 4) is 0 Å². The van der Waals surface area contributed by atoms with E-state index in [1.54, 1.807) is 13.8 Å². The predicted molar refractivity (Wildman–Crippen MR) is 114 cm³/mol. The van der Waals surface area contributed by atoms with E-state index in [0.717, 1.165) is 23.8 Å². The topological polar surface area (TPSA) is 110 Å². The molecule has 166 valence electrons. The monoisotopic (exact) mass is 449 g/mol. The van der Waals surface area contributed by atoms with Crippen LogP contribution in [0.15, 0.2) is 35.2 Å². The summed E-state index contributed by atoms with van der Waals surface area (Å²) in [5.74, 6) is -1.78. The number of non-ortho nitro benzene ring substituents is 1. The van der Waals surface area contributed by atoms with Gasteiger partial charge in [0.05, 0.1) is 15.5 Å². The number of nitrogens with one attached hydrogen (secondary N) is 1. The first-order valence-corrected chi connectivity index (χ1v) is 11.3. The van der Waals surface area contributed by atoms with E-state index in [9.17, 15) is 27.7 Å². The standard InChI is InChI=1S/C21H24FN3O5S/c1-13-10-14(2)20(15(3)11-13)31(29,30)24-8-6-16(7-9-24)21(26)23-19-12-17(25(27)28)4-5-18(19)22/h4-5,10-12,16H,6-9H2,1-3H3,(H,23,26). The lowest BCUT2D eigenvalue weighted by Crippen LogP contribution is -2.41. The van der Waals surface area contributed by atoms with Crippen LogP contribution in [0.5, 0.6) is 0 Å². The number of halogens is 1.